The number of carbonyl (C=O) groups excluding carboxylic acids is 3. The van der Waals surface area contributed by atoms with E-state index in [1.807, 2.05) is 26.0 Å². The summed E-state index contributed by atoms with van der Waals surface area (Å²) in [5.74, 6) is -0.988. The maximum atomic E-state index is 12.1. The first-order chi connectivity index (χ1) is 12.8. The molecule has 7 nitrogen and oxygen atoms in total. The Morgan fingerprint density at radius 2 is 1.81 bits per heavy atom. The van der Waals surface area contributed by atoms with E-state index in [0.717, 1.165) is 11.1 Å². The van der Waals surface area contributed by atoms with E-state index in [0.29, 0.717) is 15.9 Å². The van der Waals surface area contributed by atoms with Gasteiger partial charge in [0.2, 0.25) is 0 Å². The lowest BCUT2D eigenvalue weighted by atomic mass is 10.1. The molecule has 0 bridgehead atoms. The van der Waals surface area contributed by atoms with Crippen LogP contribution >= 0.6 is 15.9 Å². The van der Waals surface area contributed by atoms with E-state index in [2.05, 4.69) is 26.6 Å². The number of benzene rings is 2. The van der Waals surface area contributed by atoms with Crippen LogP contribution in [0.3, 0.4) is 0 Å². The summed E-state index contributed by atoms with van der Waals surface area (Å²) in [7, 11) is 1.47. The third-order valence-corrected chi connectivity index (χ3v) is 4.30. The van der Waals surface area contributed by atoms with E-state index in [-0.39, 0.29) is 5.56 Å². The molecular weight excluding hydrogens is 416 g/mol. The molecule has 0 unspecified atom stereocenters. The maximum Gasteiger partial charge on any atom is 0.339 e. The van der Waals surface area contributed by atoms with Crippen LogP contribution in [0.1, 0.15) is 21.5 Å². The monoisotopic (exact) mass is 434 g/mol. The van der Waals surface area contributed by atoms with Crippen LogP contribution in [0, 0.1) is 13.8 Å². The number of carbonyl (C=O) groups is 3. The second-order valence-corrected chi connectivity index (χ2v) is 6.60. The molecule has 0 aliphatic rings. The molecule has 0 saturated carbocycles. The molecule has 2 rings (SSSR count). The zero-order chi connectivity index (χ0) is 20.0. The number of hydrogen-bond donors (Lipinski definition) is 2. The first-order valence-electron chi connectivity index (χ1n) is 7.99. The third-order valence-electron chi connectivity index (χ3n) is 3.61. The second kappa shape index (κ2) is 9.18. The number of methoxy groups -OCH3 is 1. The van der Waals surface area contributed by atoms with Crippen molar-refractivity contribution in [2.75, 3.05) is 19.0 Å². The SMILES string of the molecule is COc1ccc(Br)c(C(=O)OCC(=O)NC(=O)Nc2ccc(C)cc2C)c1. The number of esters is 1. The van der Waals surface area contributed by atoms with Gasteiger partial charge in [-0.15, -0.1) is 0 Å². The number of hydrogen-bond acceptors (Lipinski definition) is 5. The Bertz CT molecular complexity index is 882. The van der Waals surface area contributed by atoms with E-state index in [1.54, 1.807) is 18.2 Å². The van der Waals surface area contributed by atoms with Gasteiger partial charge in [-0.25, -0.2) is 9.59 Å². The van der Waals surface area contributed by atoms with Gasteiger partial charge >= 0.3 is 12.0 Å². The predicted molar refractivity (Wildman–Crippen MR) is 104 cm³/mol. The van der Waals surface area contributed by atoms with Gasteiger partial charge in [-0.05, 0) is 59.6 Å². The standard InChI is InChI=1S/C19H19BrN2O5/c1-11-4-7-16(12(2)8-11)21-19(25)22-17(23)10-27-18(24)14-9-13(26-3)5-6-15(14)20/h4-9H,10H2,1-3H3,(H2,21,22,23,25). The second-order valence-electron chi connectivity index (χ2n) is 5.74. The average Bonchev–Trinajstić information content (AvgIpc) is 2.62. The van der Waals surface area contributed by atoms with Gasteiger partial charge in [0.05, 0.1) is 12.7 Å². The topological polar surface area (TPSA) is 93.7 Å². The van der Waals surface area contributed by atoms with Gasteiger partial charge < -0.3 is 14.8 Å². The minimum absolute atomic E-state index is 0.210. The lowest BCUT2D eigenvalue weighted by Crippen LogP contribution is -2.37. The Kier molecular flexibility index (Phi) is 6.95. The summed E-state index contributed by atoms with van der Waals surface area (Å²) in [6.45, 7) is 3.19. The minimum Gasteiger partial charge on any atom is -0.497 e. The molecule has 0 aliphatic heterocycles. The molecular formula is C19H19BrN2O5. The number of rotatable bonds is 5. The van der Waals surface area contributed by atoms with E-state index < -0.39 is 24.5 Å². The fourth-order valence-electron chi connectivity index (χ4n) is 2.27. The van der Waals surface area contributed by atoms with E-state index >= 15 is 0 Å². The molecule has 0 radical (unpaired) electrons. The van der Waals surface area contributed by atoms with Crippen molar-refractivity contribution >= 4 is 39.5 Å². The predicted octanol–water partition coefficient (Wildman–Crippen LogP) is 3.58. The van der Waals surface area contributed by atoms with Crippen LogP contribution in [0.4, 0.5) is 10.5 Å². The van der Waals surface area contributed by atoms with Crippen molar-refractivity contribution in [1.29, 1.82) is 0 Å². The van der Waals surface area contributed by atoms with Crippen molar-refractivity contribution in [2.45, 2.75) is 13.8 Å². The lowest BCUT2D eigenvalue weighted by molar-refractivity contribution is -0.123. The molecule has 0 heterocycles. The number of imide groups is 1. The molecule has 0 spiro atoms. The van der Waals surface area contributed by atoms with Crippen molar-refractivity contribution in [3.63, 3.8) is 0 Å². The maximum absolute atomic E-state index is 12.1. The molecule has 0 aromatic heterocycles. The van der Waals surface area contributed by atoms with Crippen LogP contribution in [0.25, 0.3) is 0 Å². The Morgan fingerprint density at radius 1 is 1.07 bits per heavy atom. The highest BCUT2D eigenvalue weighted by atomic mass is 79.9. The van der Waals surface area contributed by atoms with E-state index in [4.69, 9.17) is 9.47 Å². The largest absolute Gasteiger partial charge is 0.497 e. The van der Waals surface area contributed by atoms with Crippen LogP contribution < -0.4 is 15.4 Å². The van der Waals surface area contributed by atoms with Crippen molar-refractivity contribution in [3.8, 4) is 5.75 Å². The zero-order valence-electron chi connectivity index (χ0n) is 15.1. The summed E-state index contributed by atoms with van der Waals surface area (Å²) >= 11 is 3.24. The summed E-state index contributed by atoms with van der Waals surface area (Å²) in [6.07, 6.45) is 0. The molecule has 2 aromatic rings. The van der Waals surface area contributed by atoms with Gasteiger partial charge in [0.25, 0.3) is 5.91 Å². The van der Waals surface area contributed by atoms with Crippen LogP contribution in [-0.4, -0.2) is 31.6 Å². The van der Waals surface area contributed by atoms with Crippen LogP contribution in [0.5, 0.6) is 5.75 Å². The first-order valence-corrected chi connectivity index (χ1v) is 8.78. The molecule has 0 fully saturated rings. The molecule has 8 heteroatoms. The van der Waals surface area contributed by atoms with Gasteiger partial charge in [-0.1, -0.05) is 17.7 Å². The summed E-state index contributed by atoms with van der Waals surface area (Å²) in [4.78, 5) is 35.8. The Labute approximate surface area is 165 Å². The molecule has 27 heavy (non-hydrogen) atoms. The number of anilines is 1. The highest BCUT2D eigenvalue weighted by Crippen LogP contribution is 2.23. The molecule has 0 saturated heterocycles. The summed E-state index contributed by atoms with van der Waals surface area (Å²) in [6, 6.07) is 9.58. The van der Waals surface area contributed by atoms with Gasteiger partial charge in [0.1, 0.15) is 5.75 Å². The Morgan fingerprint density at radius 3 is 2.48 bits per heavy atom. The molecule has 2 aromatic carbocycles. The van der Waals surface area contributed by atoms with Crippen molar-refractivity contribution in [3.05, 3.63) is 57.6 Å². The van der Waals surface area contributed by atoms with Crippen molar-refractivity contribution < 1.29 is 23.9 Å². The fraction of sp³-hybridized carbons (Fsp3) is 0.211. The number of urea groups is 1. The van der Waals surface area contributed by atoms with Crippen LogP contribution in [-0.2, 0) is 9.53 Å². The highest BCUT2D eigenvalue weighted by molar-refractivity contribution is 9.10. The number of ether oxygens (including phenoxy) is 2. The summed E-state index contributed by atoms with van der Waals surface area (Å²) < 4.78 is 10.5. The summed E-state index contributed by atoms with van der Waals surface area (Å²) in [5.41, 5.74) is 2.72. The normalized spacial score (nSPS) is 10.1. The molecule has 0 atom stereocenters. The lowest BCUT2D eigenvalue weighted by Gasteiger charge is -2.10. The molecule has 2 N–H and O–H groups in total. The fourth-order valence-corrected chi connectivity index (χ4v) is 2.68. The van der Waals surface area contributed by atoms with Crippen molar-refractivity contribution in [2.24, 2.45) is 0 Å². The molecule has 142 valence electrons. The van der Waals surface area contributed by atoms with E-state index in [9.17, 15) is 14.4 Å². The number of amides is 3. The zero-order valence-corrected chi connectivity index (χ0v) is 16.7. The Balaban J connectivity index is 1.88. The average molecular weight is 435 g/mol. The van der Waals surface area contributed by atoms with Gasteiger partial charge in [0, 0.05) is 10.2 Å². The first kappa shape index (κ1) is 20.4. The summed E-state index contributed by atoms with van der Waals surface area (Å²) in [5, 5.41) is 4.69. The number of aryl methyl sites for hydroxylation is 2. The van der Waals surface area contributed by atoms with Gasteiger partial charge in [0.15, 0.2) is 6.61 Å². The quantitative estimate of drug-likeness (QED) is 0.701. The number of nitrogens with one attached hydrogen (secondary N) is 2. The van der Waals surface area contributed by atoms with Crippen LogP contribution in [0.15, 0.2) is 40.9 Å². The van der Waals surface area contributed by atoms with Crippen molar-refractivity contribution in [1.82, 2.24) is 5.32 Å². The Hall–Kier alpha value is -2.87. The molecule has 0 aliphatic carbocycles. The van der Waals surface area contributed by atoms with Gasteiger partial charge in [-0.3, -0.25) is 10.1 Å². The smallest absolute Gasteiger partial charge is 0.339 e. The highest BCUT2D eigenvalue weighted by Gasteiger charge is 2.16. The molecule has 3 amide bonds. The van der Waals surface area contributed by atoms with E-state index in [1.165, 1.54) is 13.2 Å². The van der Waals surface area contributed by atoms with Gasteiger partial charge in [-0.2, -0.15) is 0 Å². The van der Waals surface area contributed by atoms with Crippen LogP contribution in [0.2, 0.25) is 0 Å². The third kappa shape index (κ3) is 5.82. The number of halogens is 1. The minimum atomic E-state index is -0.746.